The van der Waals surface area contributed by atoms with Crippen molar-refractivity contribution in [1.29, 1.82) is 0 Å². The van der Waals surface area contributed by atoms with E-state index < -0.39 is 79.6 Å². The lowest BCUT2D eigenvalue weighted by atomic mass is 9.95. The number of ether oxygens (including phenoxy) is 10. The molecule has 318 valence electrons. The van der Waals surface area contributed by atoms with Gasteiger partial charge in [-0.25, -0.2) is 9.59 Å². The average molecular weight is 833 g/mol. The van der Waals surface area contributed by atoms with Crippen molar-refractivity contribution >= 4 is 11.9 Å². The fraction of sp³-hybridized carbons (Fsp3) is 0.333. The van der Waals surface area contributed by atoms with Gasteiger partial charge in [-0.2, -0.15) is 0 Å². The third-order valence-corrected chi connectivity index (χ3v) is 10.7. The summed E-state index contributed by atoms with van der Waals surface area (Å²) in [4.78, 5) is 27.7. The van der Waals surface area contributed by atoms with Gasteiger partial charge in [-0.15, -0.1) is 0 Å². The lowest BCUT2D eigenvalue weighted by Gasteiger charge is -2.50. The van der Waals surface area contributed by atoms with Crippen molar-refractivity contribution in [3.8, 4) is 0 Å². The Morgan fingerprint density at radius 1 is 0.607 bits per heavy atom. The Bertz CT molecular complexity index is 2110. The Balaban J connectivity index is 1.12. The number of hydrogen-bond acceptors (Lipinski definition) is 13. The molecule has 13 heteroatoms. The second kappa shape index (κ2) is 20.5. The van der Waals surface area contributed by atoms with Crippen LogP contribution in [0.1, 0.15) is 43.7 Å². The second-order valence-corrected chi connectivity index (χ2v) is 14.8. The molecule has 0 saturated carbocycles. The number of fused-ring (bicyclic) bond motifs is 1. The van der Waals surface area contributed by atoms with Crippen LogP contribution in [0.15, 0.2) is 152 Å². The van der Waals surface area contributed by atoms with Crippen molar-refractivity contribution < 1.29 is 62.1 Å². The van der Waals surface area contributed by atoms with Crippen LogP contribution in [0.25, 0.3) is 0 Å². The third kappa shape index (κ3) is 10.4. The minimum atomic E-state index is -1.46. The number of carbonyl (C=O) groups is 2. The molecule has 0 amide bonds. The monoisotopic (exact) mass is 832 g/mol. The van der Waals surface area contributed by atoms with E-state index in [0.29, 0.717) is 0 Å². The number of aliphatic hydroxyl groups excluding tert-OH is 1. The SMILES string of the molecule is CO[C@H]1O[C@H](COCc2ccccc2)[C@@H](O[C@@H]2O[C@@H]3COC(c4ccccc4)O[C@H]3[C@H](OCc3ccccc3)[C@H]2O)[C@H](OC(=O)c2ccccc2)[C@H]1OC(=O)c1ccccc1. The number of methoxy groups -OCH3 is 1. The largest absolute Gasteiger partial charge is 0.452 e. The molecule has 8 rings (SSSR count). The zero-order valence-electron chi connectivity index (χ0n) is 33.5. The van der Waals surface area contributed by atoms with Crippen LogP contribution in [0.4, 0.5) is 0 Å². The molecule has 0 bridgehead atoms. The van der Waals surface area contributed by atoms with Crippen LogP contribution in [0.2, 0.25) is 0 Å². The summed E-state index contributed by atoms with van der Waals surface area (Å²) >= 11 is 0. The van der Waals surface area contributed by atoms with Gasteiger partial charge in [0, 0.05) is 12.7 Å². The van der Waals surface area contributed by atoms with Crippen LogP contribution >= 0.6 is 0 Å². The Morgan fingerprint density at radius 3 is 1.74 bits per heavy atom. The fourth-order valence-corrected chi connectivity index (χ4v) is 7.59. The minimum absolute atomic E-state index is 0.0717. The predicted octanol–water partition coefficient (Wildman–Crippen LogP) is 6.20. The van der Waals surface area contributed by atoms with Gasteiger partial charge < -0.3 is 52.5 Å². The van der Waals surface area contributed by atoms with Gasteiger partial charge in [-0.3, -0.25) is 0 Å². The summed E-state index contributed by atoms with van der Waals surface area (Å²) in [5.74, 6) is -1.44. The highest BCUT2D eigenvalue weighted by atomic mass is 16.8. The molecule has 61 heavy (non-hydrogen) atoms. The molecule has 13 nitrogen and oxygen atoms in total. The van der Waals surface area contributed by atoms with Crippen molar-refractivity contribution in [3.05, 3.63) is 179 Å². The van der Waals surface area contributed by atoms with Gasteiger partial charge in [-0.05, 0) is 35.4 Å². The van der Waals surface area contributed by atoms with Crippen molar-refractivity contribution in [2.24, 2.45) is 0 Å². The zero-order valence-corrected chi connectivity index (χ0v) is 33.5. The molecule has 3 aliphatic heterocycles. The van der Waals surface area contributed by atoms with Crippen molar-refractivity contribution in [2.75, 3.05) is 20.3 Å². The maximum absolute atomic E-state index is 14.0. The molecule has 5 aromatic rings. The van der Waals surface area contributed by atoms with Gasteiger partial charge in [0.05, 0.1) is 37.6 Å². The molecule has 3 heterocycles. The standard InChI is InChI=1S/C48H48O13/c1-52-48-43(59-45(51)34-23-13-5-14-24-34)42(58-44(50)33-21-11-4-12-22-33)40(36(57-48)29-53-27-31-17-7-2-8-18-31)61-47-38(49)41(54-28-32-19-9-3-10-20-32)39-37(56-47)30-55-46(60-39)35-25-15-6-16-26-35/h2-26,36-43,46-49H,27-30H2,1H3/t36-,37-,38-,39-,40-,41-,42+,43-,46?,47+,48+/m1/s1. The average Bonchev–Trinajstić information content (AvgIpc) is 3.31. The van der Waals surface area contributed by atoms with E-state index >= 15 is 0 Å². The molecule has 0 spiro atoms. The fourth-order valence-electron chi connectivity index (χ4n) is 7.59. The molecule has 1 unspecified atom stereocenters. The molecule has 3 saturated heterocycles. The highest BCUT2D eigenvalue weighted by Gasteiger charge is 2.56. The first kappa shape index (κ1) is 42.4. The van der Waals surface area contributed by atoms with Gasteiger partial charge in [0.25, 0.3) is 0 Å². The van der Waals surface area contributed by atoms with E-state index in [-0.39, 0.29) is 37.6 Å². The van der Waals surface area contributed by atoms with Crippen molar-refractivity contribution in [3.63, 3.8) is 0 Å². The van der Waals surface area contributed by atoms with E-state index in [2.05, 4.69) is 0 Å². The van der Waals surface area contributed by atoms with Crippen LogP contribution in [0.5, 0.6) is 0 Å². The third-order valence-electron chi connectivity index (χ3n) is 10.7. The number of hydrogen-bond donors (Lipinski definition) is 1. The summed E-state index contributed by atoms with van der Waals surface area (Å²) in [6.07, 6.45) is -12.5. The first-order valence-electron chi connectivity index (χ1n) is 20.2. The van der Waals surface area contributed by atoms with Crippen molar-refractivity contribution in [1.82, 2.24) is 0 Å². The molecule has 5 aromatic carbocycles. The lowest BCUT2D eigenvalue weighted by molar-refractivity contribution is -0.388. The van der Waals surface area contributed by atoms with Gasteiger partial charge in [0.2, 0.25) is 0 Å². The zero-order chi connectivity index (χ0) is 42.0. The Labute approximate surface area is 353 Å². The lowest BCUT2D eigenvalue weighted by Crippen LogP contribution is -2.67. The second-order valence-electron chi connectivity index (χ2n) is 14.8. The number of rotatable bonds is 15. The summed E-state index contributed by atoms with van der Waals surface area (Å²) in [5, 5.41) is 12.3. The Hall–Kier alpha value is -5.32. The molecular weight excluding hydrogens is 785 g/mol. The molecule has 1 N–H and O–H groups in total. The van der Waals surface area contributed by atoms with Crippen LogP contribution in [-0.2, 0) is 60.6 Å². The predicted molar refractivity (Wildman–Crippen MR) is 218 cm³/mol. The minimum Gasteiger partial charge on any atom is -0.452 e. The van der Waals surface area contributed by atoms with Gasteiger partial charge in [-0.1, -0.05) is 127 Å². The van der Waals surface area contributed by atoms with E-state index in [0.717, 1.165) is 16.7 Å². The molecule has 0 aliphatic carbocycles. The first-order chi connectivity index (χ1) is 29.9. The van der Waals surface area contributed by atoms with Gasteiger partial charge >= 0.3 is 11.9 Å². The normalized spacial score (nSPS) is 28.6. The van der Waals surface area contributed by atoms with E-state index in [9.17, 15) is 14.7 Å². The van der Waals surface area contributed by atoms with E-state index in [1.165, 1.54) is 7.11 Å². The maximum atomic E-state index is 14.0. The number of esters is 2. The van der Waals surface area contributed by atoms with Crippen LogP contribution < -0.4 is 0 Å². The molecular formula is C48H48O13. The number of carbonyl (C=O) groups excluding carboxylic acids is 2. The molecule has 0 radical (unpaired) electrons. The first-order valence-corrected chi connectivity index (χ1v) is 20.2. The van der Waals surface area contributed by atoms with E-state index in [4.69, 9.17) is 47.4 Å². The Morgan fingerprint density at radius 2 is 1.15 bits per heavy atom. The van der Waals surface area contributed by atoms with E-state index in [1.807, 2.05) is 91.0 Å². The van der Waals surface area contributed by atoms with Crippen LogP contribution in [0, 0.1) is 0 Å². The highest BCUT2D eigenvalue weighted by Crippen LogP contribution is 2.38. The topological polar surface area (TPSA) is 147 Å². The van der Waals surface area contributed by atoms with Gasteiger partial charge in [0.1, 0.15) is 36.6 Å². The smallest absolute Gasteiger partial charge is 0.338 e. The summed E-state index contributed by atoms with van der Waals surface area (Å²) in [7, 11) is 1.39. The quantitative estimate of drug-likeness (QED) is 0.120. The highest BCUT2D eigenvalue weighted by molar-refractivity contribution is 5.90. The maximum Gasteiger partial charge on any atom is 0.338 e. The molecule has 3 fully saturated rings. The molecule has 11 atom stereocenters. The van der Waals surface area contributed by atoms with Crippen LogP contribution in [0.3, 0.4) is 0 Å². The number of benzene rings is 5. The molecule has 0 aromatic heterocycles. The van der Waals surface area contributed by atoms with E-state index in [1.54, 1.807) is 60.7 Å². The van der Waals surface area contributed by atoms with Crippen molar-refractivity contribution in [2.45, 2.75) is 80.9 Å². The summed E-state index contributed by atoms with van der Waals surface area (Å²) < 4.78 is 63.2. The summed E-state index contributed by atoms with van der Waals surface area (Å²) in [6, 6.07) is 45.3. The van der Waals surface area contributed by atoms with Gasteiger partial charge in [0.15, 0.2) is 31.1 Å². The summed E-state index contributed by atoms with van der Waals surface area (Å²) in [6.45, 7) is 0.338. The summed E-state index contributed by atoms with van der Waals surface area (Å²) in [5.41, 5.74) is 3.06. The molecule has 3 aliphatic rings. The number of aliphatic hydroxyl groups is 1. The Kier molecular flexibility index (Phi) is 14.2. The van der Waals surface area contributed by atoms with Crippen LogP contribution in [-0.4, -0.2) is 98.8 Å².